The summed E-state index contributed by atoms with van der Waals surface area (Å²) in [6, 6.07) is 1.50. The molecule has 1 heterocycles. The van der Waals surface area contributed by atoms with Crippen LogP contribution in [0.5, 0.6) is 0 Å². The summed E-state index contributed by atoms with van der Waals surface area (Å²) in [6.07, 6.45) is 6.03. The normalized spacial score (nSPS) is 20.8. The largest absolute Gasteiger partial charge is 0.383 e. The second-order valence-electron chi connectivity index (χ2n) is 6.83. The number of ether oxygens (including phenoxy) is 1. The molecule has 26 heavy (non-hydrogen) atoms. The van der Waals surface area contributed by atoms with Gasteiger partial charge in [-0.05, 0) is 46.6 Å². The maximum absolute atomic E-state index is 12.8. The highest BCUT2D eigenvalue weighted by molar-refractivity contribution is 7.53. The zero-order valence-corrected chi connectivity index (χ0v) is 16.6. The van der Waals surface area contributed by atoms with E-state index in [0.29, 0.717) is 12.8 Å². The van der Waals surface area contributed by atoms with Crippen molar-refractivity contribution in [3.05, 3.63) is 34.9 Å². The number of aromatic nitrogens is 2. The Balaban J connectivity index is 1.97. The summed E-state index contributed by atoms with van der Waals surface area (Å²) >= 11 is 0. The maximum Gasteiger partial charge on any atom is 0.356 e. The molecule has 1 aliphatic carbocycles. The summed E-state index contributed by atoms with van der Waals surface area (Å²) in [4.78, 5) is 15.7. The Morgan fingerprint density at radius 3 is 2.38 bits per heavy atom. The Labute approximate surface area is 153 Å². The number of nitrogens with zero attached hydrogens (tertiary/aromatic N) is 2. The van der Waals surface area contributed by atoms with Gasteiger partial charge in [0.1, 0.15) is 12.2 Å². The summed E-state index contributed by atoms with van der Waals surface area (Å²) in [6.45, 7) is 7.22. The third-order valence-electron chi connectivity index (χ3n) is 3.69. The number of nitrogens with two attached hydrogens (primary N) is 1. The molecule has 2 N–H and O–H groups in total. The van der Waals surface area contributed by atoms with Crippen LogP contribution in [0.4, 0.5) is 5.82 Å². The first-order valence-corrected chi connectivity index (χ1v) is 10.5. The molecule has 0 spiro atoms. The van der Waals surface area contributed by atoms with Gasteiger partial charge in [0.05, 0.1) is 24.4 Å². The molecule has 0 aromatic carbocycles. The topological polar surface area (TPSA) is 106 Å². The molecule has 0 aliphatic heterocycles. The van der Waals surface area contributed by atoms with Crippen molar-refractivity contribution < 1.29 is 18.3 Å². The zero-order chi connectivity index (χ0) is 19.3. The highest BCUT2D eigenvalue weighted by atomic mass is 31.2. The number of rotatable bonds is 8. The van der Waals surface area contributed by atoms with Crippen LogP contribution in [0.3, 0.4) is 0 Å². The fraction of sp³-hybridized carbons (Fsp3) is 0.647. The van der Waals surface area contributed by atoms with Gasteiger partial charge in [-0.25, -0.2) is 4.79 Å². The quantitative estimate of drug-likeness (QED) is 0.541. The first kappa shape index (κ1) is 20.8. The highest BCUT2D eigenvalue weighted by Crippen LogP contribution is 2.50. The fourth-order valence-electron chi connectivity index (χ4n) is 2.74. The molecule has 146 valence electrons. The molecule has 1 aliphatic rings. The predicted octanol–water partition coefficient (Wildman–Crippen LogP) is 3.10. The summed E-state index contributed by atoms with van der Waals surface area (Å²) in [5.74, 6) is 0.207. The second kappa shape index (κ2) is 8.95. The minimum absolute atomic E-state index is 0.0962. The van der Waals surface area contributed by atoms with E-state index in [0.717, 1.165) is 0 Å². The molecule has 1 aromatic heterocycles. The lowest BCUT2D eigenvalue weighted by Crippen LogP contribution is -2.29. The average molecular weight is 385 g/mol. The molecule has 0 amide bonds. The van der Waals surface area contributed by atoms with Crippen molar-refractivity contribution in [1.29, 1.82) is 0 Å². The smallest absolute Gasteiger partial charge is 0.356 e. The number of anilines is 1. The van der Waals surface area contributed by atoms with Crippen LogP contribution >= 0.6 is 7.60 Å². The lowest BCUT2D eigenvalue weighted by atomic mass is 10.0. The lowest BCUT2D eigenvalue weighted by molar-refractivity contribution is 0.0668. The summed E-state index contributed by atoms with van der Waals surface area (Å²) < 4.78 is 31.0. The molecule has 0 saturated carbocycles. The van der Waals surface area contributed by atoms with E-state index >= 15 is 0 Å². The fourth-order valence-corrected chi connectivity index (χ4v) is 4.57. The molecule has 9 heteroatoms. The standard InChI is InChI=1S/C17H28N3O5P/c1-12(2)24-26(22,25-13(3)4)11-23-15-7-5-14(6-8-15)20-10-9-16(18)19-17(20)21/h5,7,9-10,12-15H,6,8,11H2,1-4H3,(H2,18,19,21)/t14-,15+/m0/s1. The minimum atomic E-state index is -3.32. The molecule has 0 saturated heterocycles. The minimum Gasteiger partial charge on any atom is -0.383 e. The van der Waals surface area contributed by atoms with Crippen LogP contribution < -0.4 is 11.4 Å². The summed E-state index contributed by atoms with van der Waals surface area (Å²) in [5.41, 5.74) is 5.14. The molecular weight excluding hydrogens is 357 g/mol. The van der Waals surface area contributed by atoms with Crippen LogP contribution in [0.1, 0.15) is 46.6 Å². The van der Waals surface area contributed by atoms with Gasteiger partial charge in [0.15, 0.2) is 0 Å². The van der Waals surface area contributed by atoms with Gasteiger partial charge in [-0.3, -0.25) is 9.13 Å². The Bertz CT molecular complexity index is 717. The molecule has 0 bridgehead atoms. The molecule has 2 atom stereocenters. The van der Waals surface area contributed by atoms with Crippen LogP contribution in [-0.2, 0) is 18.3 Å². The van der Waals surface area contributed by atoms with E-state index in [1.165, 1.54) is 4.57 Å². The van der Waals surface area contributed by atoms with E-state index in [2.05, 4.69) is 4.98 Å². The number of nitrogen functional groups attached to an aromatic ring is 1. The van der Waals surface area contributed by atoms with E-state index in [1.54, 1.807) is 40.0 Å². The van der Waals surface area contributed by atoms with Crippen molar-refractivity contribution in [3.8, 4) is 0 Å². The molecule has 2 rings (SSSR count). The Morgan fingerprint density at radius 2 is 1.88 bits per heavy atom. The lowest BCUT2D eigenvalue weighted by Gasteiger charge is -2.27. The van der Waals surface area contributed by atoms with Gasteiger partial charge in [0, 0.05) is 6.20 Å². The zero-order valence-electron chi connectivity index (χ0n) is 15.7. The first-order valence-electron chi connectivity index (χ1n) is 8.79. The molecule has 0 radical (unpaired) electrons. The van der Waals surface area contributed by atoms with Crippen LogP contribution in [0.15, 0.2) is 29.2 Å². The van der Waals surface area contributed by atoms with Crippen molar-refractivity contribution in [3.63, 3.8) is 0 Å². The first-order chi connectivity index (χ1) is 12.2. The van der Waals surface area contributed by atoms with Crippen LogP contribution in [0.2, 0.25) is 0 Å². The third-order valence-corrected chi connectivity index (χ3v) is 5.64. The van der Waals surface area contributed by atoms with Crippen molar-refractivity contribution in [2.75, 3.05) is 12.1 Å². The second-order valence-corrected chi connectivity index (χ2v) is 8.73. The Hall–Kier alpha value is -1.47. The van der Waals surface area contributed by atoms with Crippen molar-refractivity contribution >= 4 is 13.4 Å². The predicted molar refractivity (Wildman–Crippen MR) is 100 cm³/mol. The van der Waals surface area contributed by atoms with Crippen molar-refractivity contribution in [2.45, 2.75) is 64.9 Å². The Kier molecular flexibility index (Phi) is 7.17. The van der Waals surface area contributed by atoms with E-state index in [1.807, 2.05) is 12.2 Å². The van der Waals surface area contributed by atoms with Gasteiger partial charge < -0.3 is 19.5 Å². The number of hydrogen-bond acceptors (Lipinski definition) is 7. The van der Waals surface area contributed by atoms with Crippen LogP contribution in [0, 0.1) is 0 Å². The van der Waals surface area contributed by atoms with Gasteiger partial charge in [-0.1, -0.05) is 12.2 Å². The van der Waals surface area contributed by atoms with Gasteiger partial charge in [0.25, 0.3) is 0 Å². The van der Waals surface area contributed by atoms with Gasteiger partial charge in [-0.2, -0.15) is 4.98 Å². The van der Waals surface area contributed by atoms with E-state index in [9.17, 15) is 9.36 Å². The molecule has 0 fully saturated rings. The van der Waals surface area contributed by atoms with Crippen LogP contribution in [0.25, 0.3) is 0 Å². The highest BCUT2D eigenvalue weighted by Gasteiger charge is 2.30. The van der Waals surface area contributed by atoms with Crippen LogP contribution in [-0.4, -0.2) is 34.2 Å². The van der Waals surface area contributed by atoms with E-state index in [-0.39, 0.29) is 42.2 Å². The van der Waals surface area contributed by atoms with E-state index in [4.69, 9.17) is 19.5 Å². The molecule has 8 nitrogen and oxygen atoms in total. The summed E-state index contributed by atoms with van der Waals surface area (Å²) in [7, 11) is -3.32. The van der Waals surface area contributed by atoms with Gasteiger partial charge in [0.2, 0.25) is 0 Å². The van der Waals surface area contributed by atoms with Gasteiger partial charge in [-0.15, -0.1) is 0 Å². The molecule has 0 unspecified atom stereocenters. The summed E-state index contributed by atoms with van der Waals surface area (Å²) in [5, 5.41) is 0. The maximum atomic E-state index is 12.8. The number of allylic oxidation sites excluding steroid dienone is 1. The monoisotopic (exact) mass is 385 g/mol. The molecule has 1 aromatic rings. The SMILES string of the molecule is CC(C)OP(=O)(CO[C@@H]1C=C[C@H](n2ccc(N)nc2=O)CC1)OC(C)C. The average Bonchev–Trinajstić information content (AvgIpc) is 2.52. The van der Waals surface area contributed by atoms with Crippen molar-refractivity contribution in [2.24, 2.45) is 0 Å². The Morgan fingerprint density at radius 1 is 1.23 bits per heavy atom. The van der Waals surface area contributed by atoms with Crippen molar-refractivity contribution in [1.82, 2.24) is 9.55 Å². The van der Waals surface area contributed by atoms with Gasteiger partial charge >= 0.3 is 13.3 Å². The molecular formula is C17H28N3O5P. The third kappa shape index (κ3) is 6.06. The van der Waals surface area contributed by atoms with E-state index < -0.39 is 7.60 Å². The number of hydrogen-bond donors (Lipinski definition) is 1.